The first-order chi connectivity index (χ1) is 19.8. The van der Waals surface area contributed by atoms with Gasteiger partial charge in [-0.25, -0.2) is 8.42 Å². The standard InChI is InChI=1S/C29H30ClN3O6S2/c30-24-7-1-21(2-8-24)19-33-27(34)20-40-29(33)23-5-3-22(4-6-23)28(35)31-13-16-39-25-9-11-26(12-10-25)41(36,37)32-14-17-38-18-15-32/h1-12,29H,13-20H2,(H,31,35). The molecule has 9 nitrogen and oxygen atoms in total. The third-order valence-electron chi connectivity index (χ3n) is 6.78. The van der Waals surface area contributed by atoms with E-state index >= 15 is 0 Å². The Hall–Kier alpha value is -3.09. The zero-order chi connectivity index (χ0) is 28.8. The maximum absolute atomic E-state index is 12.7. The molecule has 0 saturated carbocycles. The lowest BCUT2D eigenvalue weighted by Gasteiger charge is -2.26. The van der Waals surface area contributed by atoms with E-state index in [1.54, 1.807) is 36.0 Å². The highest BCUT2D eigenvalue weighted by Gasteiger charge is 2.33. The molecule has 12 heteroatoms. The Balaban J connectivity index is 1.10. The van der Waals surface area contributed by atoms with E-state index in [2.05, 4.69) is 5.32 Å². The lowest BCUT2D eigenvalue weighted by Crippen LogP contribution is -2.40. The van der Waals surface area contributed by atoms with E-state index < -0.39 is 10.0 Å². The van der Waals surface area contributed by atoms with Gasteiger partial charge >= 0.3 is 0 Å². The van der Waals surface area contributed by atoms with Crippen molar-refractivity contribution in [3.63, 3.8) is 0 Å². The van der Waals surface area contributed by atoms with E-state index in [4.69, 9.17) is 21.1 Å². The van der Waals surface area contributed by atoms with Gasteiger partial charge in [-0.1, -0.05) is 35.9 Å². The predicted molar refractivity (Wildman–Crippen MR) is 157 cm³/mol. The summed E-state index contributed by atoms with van der Waals surface area (Å²) in [5.74, 6) is 0.758. The maximum atomic E-state index is 12.7. The molecule has 1 N–H and O–H groups in total. The number of nitrogens with zero attached hydrogens (tertiary/aromatic N) is 2. The Bertz CT molecular complexity index is 1460. The maximum Gasteiger partial charge on any atom is 0.251 e. The summed E-state index contributed by atoms with van der Waals surface area (Å²) in [5, 5.41) is 3.36. The number of benzene rings is 3. The highest BCUT2D eigenvalue weighted by molar-refractivity contribution is 8.00. The summed E-state index contributed by atoms with van der Waals surface area (Å²) >= 11 is 7.55. The number of amides is 2. The molecule has 2 aliphatic heterocycles. The van der Waals surface area contributed by atoms with E-state index in [-0.39, 0.29) is 35.2 Å². The molecule has 3 aromatic carbocycles. The number of carbonyl (C=O) groups is 2. The van der Waals surface area contributed by atoms with Gasteiger partial charge < -0.3 is 19.7 Å². The zero-order valence-corrected chi connectivity index (χ0v) is 24.6. The summed E-state index contributed by atoms with van der Waals surface area (Å²) < 4.78 is 37.8. The van der Waals surface area contributed by atoms with Crippen molar-refractivity contribution in [3.8, 4) is 5.75 Å². The number of halogens is 1. The van der Waals surface area contributed by atoms with Crippen LogP contribution in [0.25, 0.3) is 0 Å². The normalized spacial score (nSPS) is 17.9. The van der Waals surface area contributed by atoms with Gasteiger partial charge in [0.15, 0.2) is 0 Å². The van der Waals surface area contributed by atoms with Crippen LogP contribution < -0.4 is 10.1 Å². The van der Waals surface area contributed by atoms with Crippen LogP contribution in [-0.4, -0.2) is 74.6 Å². The molecule has 41 heavy (non-hydrogen) atoms. The summed E-state index contributed by atoms with van der Waals surface area (Å²) in [6, 6.07) is 21.0. The van der Waals surface area contributed by atoms with Crippen molar-refractivity contribution in [1.82, 2.24) is 14.5 Å². The van der Waals surface area contributed by atoms with Crippen LogP contribution in [-0.2, 0) is 26.1 Å². The van der Waals surface area contributed by atoms with Crippen molar-refractivity contribution in [2.75, 3.05) is 45.2 Å². The molecule has 2 aliphatic rings. The van der Waals surface area contributed by atoms with Crippen molar-refractivity contribution >= 4 is 45.2 Å². The minimum atomic E-state index is -3.56. The summed E-state index contributed by atoms with van der Waals surface area (Å²) in [6.07, 6.45) is 0. The van der Waals surface area contributed by atoms with Crippen LogP contribution in [0.5, 0.6) is 5.75 Å². The molecule has 216 valence electrons. The second-order valence-electron chi connectivity index (χ2n) is 9.53. The molecule has 0 spiro atoms. The Kier molecular flexibility index (Phi) is 9.51. The Morgan fingerprint density at radius 3 is 2.37 bits per heavy atom. The van der Waals surface area contributed by atoms with Gasteiger partial charge in [0, 0.05) is 30.2 Å². The van der Waals surface area contributed by atoms with E-state index in [1.165, 1.54) is 16.4 Å². The number of hydrogen-bond acceptors (Lipinski definition) is 7. The van der Waals surface area contributed by atoms with Gasteiger partial charge in [0.05, 0.1) is 30.4 Å². The average Bonchev–Trinajstić information content (AvgIpc) is 3.36. The van der Waals surface area contributed by atoms with Crippen LogP contribution >= 0.6 is 23.4 Å². The Morgan fingerprint density at radius 2 is 1.68 bits per heavy atom. The molecular formula is C29H30ClN3O6S2. The van der Waals surface area contributed by atoms with E-state index in [9.17, 15) is 18.0 Å². The summed E-state index contributed by atoms with van der Waals surface area (Å²) in [7, 11) is -3.56. The molecule has 5 rings (SSSR count). The van der Waals surface area contributed by atoms with Crippen LogP contribution in [0.15, 0.2) is 77.7 Å². The fraction of sp³-hybridized carbons (Fsp3) is 0.310. The third kappa shape index (κ3) is 7.22. The first-order valence-electron chi connectivity index (χ1n) is 13.2. The molecule has 1 atom stereocenters. The topological polar surface area (TPSA) is 105 Å². The van der Waals surface area contributed by atoms with Crippen LogP contribution in [0, 0.1) is 0 Å². The van der Waals surface area contributed by atoms with Gasteiger partial charge in [-0.3, -0.25) is 9.59 Å². The average molecular weight is 616 g/mol. The second kappa shape index (κ2) is 13.3. The van der Waals surface area contributed by atoms with Gasteiger partial charge in [-0.15, -0.1) is 11.8 Å². The van der Waals surface area contributed by atoms with E-state index in [1.807, 2.05) is 41.3 Å². The molecule has 0 aliphatic carbocycles. The minimum absolute atomic E-state index is 0.0742. The molecule has 0 aromatic heterocycles. The van der Waals surface area contributed by atoms with Gasteiger partial charge in [0.25, 0.3) is 5.91 Å². The molecule has 1 unspecified atom stereocenters. The first-order valence-corrected chi connectivity index (χ1v) is 16.0. The summed E-state index contributed by atoms with van der Waals surface area (Å²) in [4.78, 5) is 27.2. The van der Waals surface area contributed by atoms with Crippen molar-refractivity contribution in [3.05, 3.63) is 94.5 Å². The summed E-state index contributed by atoms with van der Waals surface area (Å²) in [6.45, 7) is 2.44. The number of nitrogens with one attached hydrogen (secondary N) is 1. The van der Waals surface area contributed by atoms with Gasteiger partial charge in [-0.2, -0.15) is 4.31 Å². The lowest BCUT2D eigenvalue weighted by molar-refractivity contribution is -0.128. The highest BCUT2D eigenvalue weighted by Crippen LogP contribution is 2.39. The molecule has 2 amide bonds. The van der Waals surface area contributed by atoms with Gasteiger partial charge in [0.1, 0.15) is 17.7 Å². The van der Waals surface area contributed by atoms with Crippen LogP contribution in [0.4, 0.5) is 0 Å². The van der Waals surface area contributed by atoms with Crippen LogP contribution in [0.2, 0.25) is 5.02 Å². The Labute approximate surface area is 248 Å². The zero-order valence-electron chi connectivity index (χ0n) is 22.2. The molecule has 2 fully saturated rings. The predicted octanol–water partition coefficient (Wildman–Crippen LogP) is 3.94. The van der Waals surface area contributed by atoms with Gasteiger partial charge in [0.2, 0.25) is 15.9 Å². The smallest absolute Gasteiger partial charge is 0.251 e. The van der Waals surface area contributed by atoms with Crippen molar-refractivity contribution in [2.24, 2.45) is 0 Å². The fourth-order valence-electron chi connectivity index (χ4n) is 4.57. The Morgan fingerprint density at radius 1 is 1.00 bits per heavy atom. The number of morpholine rings is 1. The van der Waals surface area contributed by atoms with Crippen molar-refractivity contribution < 1.29 is 27.5 Å². The number of sulfonamides is 1. The molecule has 0 bridgehead atoms. The third-order valence-corrected chi connectivity index (χ3v) is 10.2. The monoisotopic (exact) mass is 615 g/mol. The van der Waals surface area contributed by atoms with Crippen molar-refractivity contribution in [2.45, 2.75) is 16.8 Å². The lowest BCUT2D eigenvalue weighted by atomic mass is 10.1. The molecule has 2 heterocycles. The minimum Gasteiger partial charge on any atom is -0.492 e. The number of thioether (sulfide) groups is 1. The number of ether oxygens (including phenoxy) is 2. The molecule has 0 radical (unpaired) electrons. The van der Waals surface area contributed by atoms with Gasteiger partial charge in [-0.05, 0) is 59.7 Å². The quantitative estimate of drug-likeness (QED) is 0.345. The molecular weight excluding hydrogens is 586 g/mol. The number of hydrogen-bond donors (Lipinski definition) is 1. The van der Waals surface area contributed by atoms with Crippen LogP contribution in [0.1, 0.15) is 26.9 Å². The van der Waals surface area contributed by atoms with Crippen LogP contribution in [0.3, 0.4) is 0 Å². The van der Waals surface area contributed by atoms with E-state index in [0.717, 1.165) is 11.1 Å². The van der Waals surface area contributed by atoms with E-state index in [0.29, 0.717) is 54.9 Å². The number of carbonyl (C=O) groups excluding carboxylic acids is 2. The fourth-order valence-corrected chi connectivity index (χ4v) is 7.29. The first kappa shape index (κ1) is 29.4. The number of rotatable bonds is 10. The molecule has 2 saturated heterocycles. The largest absolute Gasteiger partial charge is 0.492 e. The molecule has 3 aromatic rings. The summed E-state index contributed by atoms with van der Waals surface area (Å²) in [5.41, 5.74) is 2.46. The second-order valence-corrected chi connectivity index (χ2v) is 13.0. The SMILES string of the molecule is O=C(NCCOc1ccc(S(=O)(=O)N2CCOCC2)cc1)c1ccc(C2SCC(=O)N2Cc2ccc(Cl)cc2)cc1. The van der Waals surface area contributed by atoms with Crippen molar-refractivity contribution in [1.29, 1.82) is 0 Å². The highest BCUT2D eigenvalue weighted by atomic mass is 35.5.